The average molecular weight is 522 g/mol. The molecule has 1 aromatic carbocycles. The number of carbonyl (C=O) groups excluding carboxylic acids is 2. The maximum atomic E-state index is 12.4. The summed E-state index contributed by atoms with van der Waals surface area (Å²) in [4.78, 5) is 36.7. The Balaban J connectivity index is 1.96. The molecule has 0 radical (unpaired) electrons. The lowest BCUT2D eigenvalue weighted by Crippen LogP contribution is -2.65. The fraction of sp³-hybridized carbons (Fsp3) is 0.480. The topological polar surface area (TPSA) is 163 Å². The van der Waals surface area contributed by atoms with Crippen LogP contribution in [0.3, 0.4) is 0 Å². The lowest BCUT2D eigenvalue weighted by molar-refractivity contribution is -0.305. The molecule has 4 atom stereocenters. The number of esters is 1. The van der Waals surface area contributed by atoms with E-state index in [1.807, 2.05) is 0 Å². The summed E-state index contributed by atoms with van der Waals surface area (Å²) in [6.07, 6.45) is -4.13. The zero-order valence-electron chi connectivity index (χ0n) is 21.2. The first-order valence-electron chi connectivity index (χ1n) is 11.5. The molecule has 0 aliphatic carbocycles. The second-order valence-electron chi connectivity index (χ2n) is 8.79. The molecule has 1 aliphatic rings. The van der Waals surface area contributed by atoms with Gasteiger partial charge in [0.15, 0.2) is 17.8 Å². The monoisotopic (exact) mass is 521 g/mol. The lowest BCUT2D eigenvalue weighted by Gasteiger charge is -2.47. The smallest absolute Gasteiger partial charge is 0.407 e. The number of rotatable bonds is 8. The second kappa shape index (κ2) is 11.2. The Hall–Kier alpha value is -3.61. The summed E-state index contributed by atoms with van der Waals surface area (Å²) in [5, 5.41) is 24.1. The number of alkyl carbamates (subject to hydrolysis) is 1. The zero-order chi connectivity index (χ0) is 27.5. The van der Waals surface area contributed by atoms with E-state index in [0.717, 1.165) is 0 Å². The minimum atomic E-state index is -1.48. The fourth-order valence-corrected chi connectivity index (χ4v) is 4.13. The van der Waals surface area contributed by atoms with E-state index < -0.39 is 59.2 Å². The molecule has 3 N–H and O–H groups in total. The standard InChI is InChI=1S/C25H31NO11/c1-7-11-26-24(31)36-19-17(28)23(37-25(4,5)20(19)32-6)34-14-10-9-13-16(27)15(21(29)33-8-2)22(30)35-18(13)12(14)3/h7,9-10,17,19-20,23,27-28H,1,8,11H2,2-6H3,(H,26,31)/t17-,19+,20-,23-/m1/s1. The van der Waals surface area contributed by atoms with Crippen molar-refractivity contribution in [3.05, 3.63) is 46.3 Å². The number of aliphatic hydroxyl groups is 1. The van der Waals surface area contributed by atoms with Gasteiger partial charge in [-0.25, -0.2) is 14.4 Å². The third-order valence-electron chi connectivity index (χ3n) is 5.88. The fourth-order valence-electron chi connectivity index (χ4n) is 4.13. The van der Waals surface area contributed by atoms with Crippen LogP contribution in [0.5, 0.6) is 11.5 Å². The predicted octanol–water partition coefficient (Wildman–Crippen LogP) is 2.15. The number of hydrogen-bond acceptors (Lipinski definition) is 11. The molecule has 0 saturated carbocycles. The highest BCUT2D eigenvalue weighted by Gasteiger charge is 2.53. The van der Waals surface area contributed by atoms with E-state index in [2.05, 4.69) is 11.9 Å². The Labute approximate surface area is 212 Å². The quantitative estimate of drug-likeness (QED) is 0.265. The van der Waals surface area contributed by atoms with Crippen LogP contribution < -0.4 is 15.7 Å². The van der Waals surface area contributed by atoms with Gasteiger partial charge < -0.3 is 43.6 Å². The Kier molecular flexibility index (Phi) is 8.46. The number of aliphatic hydroxyl groups excluding tert-OH is 1. The molecule has 12 heteroatoms. The minimum absolute atomic E-state index is 0.00612. The highest BCUT2D eigenvalue weighted by Crippen LogP contribution is 2.37. The molecule has 3 rings (SSSR count). The van der Waals surface area contributed by atoms with Gasteiger partial charge in [-0.1, -0.05) is 6.08 Å². The molecule has 0 spiro atoms. The van der Waals surface area contributed by atoms with Crippen molar-refractivity contribution in [2.45, 2.75) is 57.9 Å². The van der Waals surface area contributed by atoms with Crippen molar-refractivity contribution < 1.29 is 47.9 Å². The minimum Gasteiger partial charge on any atom is -0.506 e. The van der Waals surface area contributed by atoms with Crippen molar-refractivity contribution in [3.8, 4) is 11.5 Å². The van der Waals surface area contributed by atoms with E-state index >= 15 is 0 Å². The number of methoxy groups -OCH3 is 1. The normalized spacial score (nSPS) is 22.8. The number of nitrogens with one attached hydrogen (secondary N) is 1. The molecular weight excluding hydrogens is 490 g/mol. The van der Waals surface area contributed by atoms with Gasteiger partial charge in [0, 0.05) is 19.2 Å². The molecule has 1 amide bonds. The van der Waals surface area contributed by atoms with Crippen LogP contribution in [0.4, 0.5) is 4.79 Å². The van der Waals surface area contributed by atoms with Crippen LogP contribution in [0.25, 0.3) is 11.0 Å². The number of amides is 1. The van der Waals surface area contributed by atoms with Crippen molar-refractivity contribution in [1.82, 2.24) is 5.32 Å². The van der Waals surface area contributed by atoms with Crippen molar-refractivity contribution in [1.29, 1.82) is 0 Å². The van der Waals surface area contributed by atoms with E-state index in [4.69, 9.17) is 28.1 Å². The first-order chi connectivity index (χ1) is 17.5. The van der Waals surface area contributed by atoms with E-state index in [-0.39, 0.29) is 35.4 Å². The molecule has 1 aromatic heterocycles. The van der Waals surface area contributed by atoms with Crippen molar-refractivity contribution >= 4 is 23.0 Å². The molecule has 1 fully saturated rings. The molecule has 1 aliphatic heterocycles. The van der Waals surface area contributed by atoms with Crippen LogP contribution in [0.15, 0.2) is 34.0 Å². The van der Waals surface area contributed by atoms with E-state index in [1.165, 1.54) is 25.3 Å². The Bertz CT molecular complexity index is 1240. The first kappa shape index (κ1) is 28.0. The number of fused-ring (bicyclic) bond motifs is 1. The predicted molar refractivity (Wildman–Crippen MR) is 130 cm³/mol. The van der Waals surface area contributed by atoms with Gasteiger partial charge in [0.2, 0.25) is 6.29 Å². The second-order valence-corrected chi connectivity index (χ2v) is 8.79. The summed E-state index contributed by atoms with van der Waals surface area (Å²) in [5.74, 6) is -1.45. The maximum Gasteiger partial charge on any atom is 0.407 e. The van der Waals surface area contributed by atoms with Crippen LogP contribution in [-0.2, 0) is 18.9 Å². The molecule has 1 saturated heterocycles. The summed E-state index contributed by atoms with van der Waals surface area (Å²) >= 11 is 0. The zero-order valence-corrected chi connectivity index (χ0v) is 21.2. The maximum absolute atomic E-state index is 12.4. The van der Waals surface area contributed by atoms with Gasteiger partial charge in [0.1, 0.15) is 23.2 Å². The average Bonchev–Trinajstić information content (AvgIpc) is 2.83. The third-order valence-corrected chi connectivity index (χ3v) is 5.88. The number of aryl methyl sites for hydroxylation is 1. The summed E-state index contributed by atoms with van der Waals surface area (Å²) in [6.45, 7) is 10.2. The number of hydrogen-bond donors (Lipinski definition) is 3. The molecule has 37 heavy (non-hydrogen) atoms. The van der Waals surface area contributed by atoms with E-state index in [1.54, 1.807) is 27.7 Å². The molecular formula is C25H31NO11. The lowest BCUT2D eigenvalue weighted by atomic mass is 9.89. The van der Waals surface area contributed by atoms with Gasteiger partial charge in [0.05, 0.1) is 17.6 Å². The van der Waals surface area contributed by atoms with Crippen LogP contribution >= 0.6 is 0 Å². The summed E-state index contributed by atoms with van der Waals surface area (Å²) in [7, 11) is 1.40. The molecule has 0 bridgehead atoms. The van der Waals surface area contributed by atoms with Crippen LogP contribution in [-0.4, -0.2) is 72.7 Å². The number of ether oxygens (including phenoxy) is 5. The Morgan fingerprint density at radius 1 is 1.30 bits per heavy atom. The van der Waals surface area contributed by atoms with Crippen LogP contribution in [0.1, 0.15) is 36.7 Å². The highest BCUT2D eigenvalue weighted by atomic mass is 16.7. The number of benzene rings is 1. The van der Waals surface area contributed by atoms with Crippen molar-refractivity contribution in [3.63, 3.8) is 0 Å². The summed E-state index contributed by atoms with van der Waals surface area (Å²) in [6, 6.07) is 2.83. The number of aromatic hydroxyl groups is 1. The first-order valence-corrected chi connectivity index (χ1v) is 11.5. The molecule has 2 aromatic rings. The molecule has 202 valence electrons. The van der Waals surface area contributed by atoms with E-state index in [9.17, 15) is 24.6 Å². The summed E-state index contributed by atoms with van der Waals surface area (Å²) < 4.78 is 32.9. The van der Waals surface area contributed by atoms with E-state index in [0.29, 0.717) is 0 Å². The van der Waals surface area contributed by atoms with Gasteiger partial charge >= 0.3 is 17.7 Å². The highest BCUT2D eigenvalue weighted by molar-refractivity contribution is 5.99. The SMILES string of the molecule is C=CCNC(=O)O[C@H]1[C@@H](O)[C@H](Oc2ccc3c(O)c(C(=O)OCC)c(=O)oc3c2C)OC(C)(C)[C@@H]1OC. The van der Waals surface area contributed by atoms with Gasteiger partial charge in [-0.05, 0) is 39.8 Å². The van der Waals surface area contributed by atoms with Gasteiger partial charge in [-0.3, -0.25) is 0 Å². The Morgan fingerprint density at radius 2 is 2.00 bits per heavy atom. The molecule has 0 unspecified atom stereocenters. The van der Waals surface area contributed by atoms with Crippen molar-refractivity contribution in [2.24, 2.45) is 0 Å². The van der Waals surface area contributed by atoms with Crippen LogP contribution in [0, 0.1) is 6.92 Å². The third kappa shape index (κ3) is 5.55. The molecule has 12 nitrogen and oxygen atoms in total. The summed E-state index contributed by atoms with van der Waals surface area (Å²) in [5.41, 5.74) is -2.52. The molecule has 2 heterocycles. The van der Waals surface area contributed by atoms with Crippen molar-refractivity contribution in [2.75, 3.05) is 20.3 Å². The largest absolute Gasteiger partial charge is 0.506 e. The van der Waals surface area contributed by atoms with Gasteiger partial charge in [0.25, 0.3) is 0 Å². The van der Waals surface area contributed by atoms with Crippen LogP contribution in [0.2, 0.25) is 0 Å². The number of carbonyl (C=O) groups is 2. The van der Waals surface area contributed by atoms with Gasteiger partial charge in [-0.2, -0.15) is 0 Å². The van der Waals surface area contributed by atoms with Gasteiger partial charge in [-0.15, -0.1) is 6.58 Å². The Morgan fingerprint density at radius 3 is 2.62 bits per heavy atom.